The number of hydrogen-bond acceptors (Lipinski definition) is 5. The lowest BCUT2D eigenvalue weighted by atomic mass is 10.0. The van der Waals surface area contributed by atoms with Crippen molar-refractivity contribution in [3.63, 3.8) is 0 Å². The summed E-state index contributed by atoms with van der Waals surface area (Å²) in [6.07, 6.45) is -0.385. The van der Waals surface area contributed by atoms with Crippen molar-refractivity contribution in [2.24, 2.45) is 5.73 Å². The van der Waals surface area contributed by atoms with Crippen molar-refractivity contribution in [1.82, 2.24) is 4.98 Å². The number of amides is 1. The summed E-state index contributed by atoms with van der Waals surface area (Å²) in [5, 5.41) is 18.7. The highest BCUT2D eigenvalue weighted by Gasteiger charge is 2.24. The number of carbonyl (C=O) groups excluding carboxylic acids is 1. The molecule has 0 fully saturated rings. The Balaban J connectivity index is 2.94. The number of carbonyl (C=O) groups is 1. The Hall–Kier alpha value is -1.66. The number of anilines is 1. The maximum atomic E-state index is 10.6. The number of aromatic nitrogens is 1. The van der Waals surface area contributed by atoms with Crippen LogP contribution in [-0.2, 0) is 4.79 Å². The molecule has 0 aliphatic carbocycles. The number of pyridine rings is 1. The van der Waals surface area contributed by atoms with Crippen LogP contribution in [0.1, 0.15) is 11.7 Å². The molecule has 0 radical (unpaired) electrons. The summed E-state index contributed by atoms with van der Waals surface area (Å²) in [5.41, 5.74) is 10.7. The molecule has 1 aromatic rings. The Labute approximate surface area is 80.2 Å². The second-order valence-electron chi connectivity index (χ2n) is 2.80. The molecule has 76 valence electrons. The SMILES string of the molecule is NC(=O)C(O)C(O)c1ccncc1N. The van der Waals surface area contributed by atoms with Crippen LogP contribution >= 0.6 is 0 Å². The molecule has 6 nitrogen and oxygen atoms in total. The van der Waals surface area contributed by atoms with Crippen LogP contribution in [0.3, 0.4) is 0 Å². The normalized spacial score (nSPS) is 14.7. The van der Waals surface area contributed by atoms with Crippen LogP contribution in [0.4, 0.5) is 5.69 Å². The number of nitrogens with two attached hydrogens (primary N) is 2. The predicted molar refractivity (Wildman–Crippen MR) is 48.8 cm³/mol. The number of nitrogens with zero attached hydrogens (tertiary/aromatic N) is 1. The maximum Gasteiger partial charge on any atom is 0.249 e. The fourth-order valence-corrected chi connectivity index (χ4v) is 1.01. The van der Waals surface area contributed by atoms with Gasteiger partial charge in [-0.2, -0.15) is 0 Å². The molecule has 14 heavy (non-hydrogen) atoms. The van der Waals surface area contributed by atoms with Crippen molar-refractivity contribution >= 4 is 11.6 Å². The summed E-state index contributed by atoms with van der Waals surface area (Å²) in [7, 11) is 0. The van der Waals surface area contributed by atoms with Gasteiger partial charge in [-0.1, -0.05) is 0 Å². The van der Waals surface area contributed by atoms with Gasteiger partial charge in [0.2, 0.25) is 5.91 Å². The van der Waals surface area contributed by atoms with E-state index in [1.54, 1.807) is 0 Å². The molecule has 0 aliphatic heterocycles. The van der Waals surface area contributed by atoms with Crippen LogP contribution in [0.5, 0.6) is 0 Å². The molecule has 0 aromatic carbocycles. The molecular weight excluding hydrogens is 186 g/mol. The minimum Gasteiger partial charge on any atom is -0.397 e. The summed E-state index contributed by atoms with van der Waals surface area (Å²) in [6.45, 7) is 0. The van der Waals surface area contributed by atoms with Crippen LogP contribution in [0.2, 0.25) is 0 Å². The first-order valence-electron chi connectivity index (χ1n) is 3.89. The third-order valence-electron chi connectivity index (χ3n) is 1.80. The Kier molecular flexibility index (Phi) is 3.00. The first-order chi connectivity index (χ1) is 6.54. The van der Waals surface area contributed by atoms with Crippen LogP contribution < -0.4 is 11.5 Å². The van der Waals surface area contributed by atoms with Crippen LogP contribution in [0.15, 0.2) is 18.5 Å². The van der Waals surface area contributed by atoms with E-state index in [0.717, 1.165) is 0 Å². The third kappa shape index (κ3) is 1.98. The fraction of sp³-hybridized carbons (Fsp3) is 0.250. The number of nitrogen functional groups attached to an aromatic ring is 1. The Bertz CT molecular complexity index is 342. The minimum atomic E-state index is -1.67. The van der Waals surface area contributed by atoms with E-state index in [0.29, 0.717) is 0 Å². The average Bonchev–Trinajstić information content (AvgIpc) is 2.16. The zero-order valence-electron chi connectivity index (χ0n) is 7.29. The Morgan fingerprint density at radius 3 is 2.64 bits per heavy atom. The standard InChI is InChI=1S/C8H11N3O3/c9-5-3-11-2-1-4(5)6(12)7(13)8(10)14/h1-3,6-7,12-13H,9H2,(H2,10,14). The Morgan fingerprint density at radius 1 is 1.50 bits per heavy atom. The Morgan fingerprint density at radius 2 is 2.14 bits per heavy atom. The molecule has 1 heterocycles. The molecule has 0 saturated heterocycles. The highest BCUT2D eigenvalue weighted by atomic mass is 16.3. The van der Waals surface area contributed by atoms with E-state index in [2.05, 4.69) is 4.98 Å². The number of primary amides is 1. The van der Waals surface area contributed by atoms with Crippen molar-refractivity contribution in [1.29, 1.82) is 0 Å². The molecule has 0 bridgehead atoms. The summed E-state index contributed by atoms with van der Waals surface area (Å²) < 4.78 is 0. The molecule has 1 aromatic heterocycles. The summed E-state index contributed by atoms with van der Waals surface area (Å²) >= 11 is 0. The van der Waals surface area contributed by atoms with Gasteiger partial charge < -0.3 is 21.7 Å². The molecule has 0 spiro atoms. The molecule has 0 aliphatic rings. The van der Waals surface area contributed by atoms with Gasteiger partial charge in [0.25, 0.3) is 0 Å². The predicted octanol–water partition coefficient (Wildman–Crippen LogP) is -1.46. The molecule has 2 atom stereocenters. The molecule has 1 amide bonds. The second-order valence-corrected chi connectivity index (χ2v) is 2.80. The second kappa shape index (κ2) is 4.03. The van der Waals surface area contributed by atoms with E-state index in [1.165, 1.54) is 18.5 Å². The smallest absolute Gasteiger partial charge is 0.249 e. The van der Waals surface area contributed by atoms with E-state index < -0.39 is 18.1 Å². The third-order valence-corrected chi connectivity index (χ3v) is 1.80. The lowest BCUT2D eigenvalue weighted by Crippen LogP contribution is -2.34. The molecule has 6 N–H and O–H groups in total. The van der Waals surface area contributed by atoms with Crippen molar-refractivity contribution < 1.29 is 15.0 Å². The van der Waals surface area contributed by atoms with E-state index in [4.69, 9.17) is 11.5 Å². The van der Waals surface area contributed by atoms with Gasteiger partial charge in [-0.15, -0.1) is 0 Å². The molecule has 2 unspecified atom stereocenters. The zero-order valence-corrected chi connectivity index (χ0v) is 7.29. The van der Waals surface area contributed by atoms with Crippen LogP contribution in [-0.4, -0.2) is 27.2 Å². The molecule has 0 saturated carbocycles. The monoisotopic (exact) mass is 197 g/mol. The topological polar surface area (TPSA) is 122 Å². The van der Waals surface area contributed by atoms with Gasteiger partial charge in [0.1, 0.15) is 6.10 Å². The van der Waals surface area contributed by atoms with Crippen molar-refractivity contribution in [2.75, 3.05) is 5.73 Å². The van der Waals surface area contributed by atoms with E-state index in [9.17, 15) is 15.0 Å². The van der Waals surface area contributed by atoms with Gasteiger partial charge in [-0.05, 0) is 6.07 Å². The largest absolute Gasteiger partial charge is 0.397 e. The highest BCUT2D eigenvalue weighted by Crippen LogP contribution is 2.21. The summed E-state index contributed by atoms with van der Waals surface area (Å²) in [4.78, 5) is 14.3. The van der Waals surface area contributed by atoms with E-state index >= 15 is 0 Å². The number of rotatable bonds is 3. The number of aliphatic hydroxyl groups excluding tert-OH is 2. The van der Waals surface area contributed by atoms with Gasteiger partial charge >= 0.3 is 0 Å². The minimum absolute atomic E-state index is 0.195. The summed E-state index contributed by atoms with van der Waals surface area (Å²) in [5.74, 6) is -1.01. The van der Waals surface area contributed by atoms with Gasteiger partial charge in [0.15, 0.2) is 6.10 Å². The lowest BCUT2D eigenvalue weighted by molar-refractivity contribution is -0.131. The van der Waals surface area contributed by atoms with Gasteiger partial charge in [-0.25, -0.2) is 0 Å². The van der Waals surface area contributed by atoms with Crippen molar-refractivity contribution in [3.8, 4) is 0 Å². The first-order valence-corrected chi connectivity index (χ1v) is 3.89. The van der Waals surface area contributed by atoms with Gasteiger partial charge in [-0.3, -0.25) is 9.78 Å². The quantitative estimate of drug-likeness (QED) is 0.471. The van der Waals surface area contributed by atoms with Crippen LogP contribution in [0.25, 0.3) is 0 Å². The molecule has 6 heteroatoms. The van der Waals surface area contributed by atoms with Crippen molar-refractivity contribution in [2.45, 2.75) is 12.2 Å². The van der Waals surface area contributed by atoms with E-state index in [1.807, 2.05) is 0 Å². The van der Waals surface area contributed by atoms with Gasteiger partial charge in [0.05, 0.1) is 11.9 Å². The van der Waals surface area contributed by atoms with Crippen LogP contribution in [0, 0.1) is 0 Å². The molecule has 1 rings (SSSR count). The maximum absolute atomic E-state index is 10.6. The van der Waals surface area contributed by atoms with E-state index in [-0.39, 0.29) is 11.3 Å². The lowest BCUT2D eigenvalue weighted by Gasteiger charge is -2.16. The molecular formula is C8H11N3O3. The zero-order chi connectivity index (χ0) is 10.7. The first kappa shape index (κ1) is 10.4. The highest BCUT2D eigenvalue weighted by molar-refractivity contribution is 5.79. The average molecular weight is 197 g/mol. The fourth-order valence-electron chi connectivity index (χ4n) is 1.01. The van der Waals surface area contributed by atoms with Gasteiger partial charge in [0, 0.05) is 11.8 Å². The van der Waals surface area contributed by atoms with Crippen molar-refractivity contribution in [3.05, 3.63) is 24.0 Å². The number of hydrogen-bond donors (Lipinski definition) is 4. The summed E-state index contributed by atoms with van der Waals surface area (Å²) in [6, 6.07) is 1.41. The number of aliphatic hydroxyl groups is 2.